The van der Waals surface area contributed by atoms with Crippen LogP contribution in [0.25, 0.3) is 0 Å². The smallest absolute Gasteiger partial charge is 0.241 e. The molecule has 1 atom stereocenters. The Kier molecular flexibility index (Phi) is 3.66. The van der Waals surface area contributed by atoms with Crippen molar-refractivity contribution in [2.24, 2.45) is 11.7 Å². The van der Waals surface area contributed by atoms with Gasteiger partial charge in [0.15, 0.2) is 0 Å². The van der Waals surface area contributed by atoms with Gasteiger partial charge < -0.3 is 10.5 Å². The molecule has 4 nitrogen and oxygen atoms in total. The molecule has 1 amide bonds. The SMILES string of the molecule is Cc1ccc(C)c(OCC(NC2CC2)(C(N)=O)C2CC2)c1. The molecule has 2 aliphatic carbocycles. The molecule has 1 aromatic rings. The normalized spacial score (nSPS) is 20.9. The van der Waals surface area contributed by atoms with Gasteiger partial charge in [0.2, 0.25) is 5.91 Å². The average molecular weight is 288 g/mol. The Morgan fingerprint density at radius 3 is 2.62 bits per heavy atom. The molecule has 2 aliphatic rings. The zero-order chi connectivity index (χ0) is 15.0. The molecule has 0 heterocycles. The first-order valence-corrected chi connectivity index (χ1v) is 7.79. The molecule has 0 radical (unpaired) electrons. The van der Waals surface area contributed by atoms with E-state index in [0.717, 1.165) is 42.6 Å². The topological polar surface area (TPSA) is 64.3 Å². The van der Waals surface area contributed by atoms with Crippen molar-refractivity contribution in [3.8, 4) is 5.75 Å². The minimum Gasteiger partial charge on any atom is -0.491 e. The number of hydrogen-bond acceptors (Lipinski definition) is 3. The first kappa shape index (κ1) is 14.4. The van der Waals surface area contributed by atoms with Crippen LogP contribution in [-0.2, 0) is 4.79 Å². The van der Waals surface area contributed by atoms with Crippen LogP contribution in [0.4, 0.5) is 0 Å². The number of rotatable bonds is 7. The number of nitrogens with one attached hydrogen (secondary N) is 1. The molecular formula is C17H24N2O2. The summed E-state index contributed by atoms with van der Waals surface area (Å²) >= 11 is 0. The quantitative estimate of drug-likeness (QED) is 0.807. The molecule has 0 aromatic heterocycles. The number of hydrogen-bond donors (Lipinski definition) is 2. The van der Waals surface area contributed by atoms with Gasteiger partial charge >= 0.3 is 0 Å². The Morgan fingerprint density at radius 2 is 2.05 bits per heavy atom. The Bertz CT molecular complexity index is 550. The summed E-state index contributed by atoms with van der Waals surface area (Å²) in [6.07, 6.45) is 4.37. The van der Waals surface area contributed by atoms with Gasteiger partial charge in [-0.15, -0.1) is 0 Å². The molecular weight excluding hydrogens is 264 g/mol. The molecule has 3 rings (SSSR count). The lowest BCUT2D eigenvalue weighted by Crippen LogP contribution is -2.61. The van der Waals surface area contributed by atoms with Crippen LogP contribution in [0.2, 0.25) is 0 Å². The fourth-order valence-corrected chi connectivity index (χ4v) is 2.84. The highest BCUT2D eigenvalue weighted by Crippen LogP contribution is 2.42. The van der Waals surface area contributed by atoms with Crippen LogP contribution in [0.1, 0.15) is 36.8 Å². The van der Waals surface area contributed by atoms with E-state index in [1.165, 1.54) is 0 Å². The van der Waals surface area contributed by atoms with Crippen LogP contribution in [0.15, 0.2) is 18.2 Å². The summed E-state index contributed by atoms with van der Waals surface area (Å²) in [5.74, 6) is 0.891. The van der Waals surface area contributed by atoms with Crippen molar-refractivity contribution in [3.63, 3.8) is 0 Å². The number of ether oxygens (including phenoxy) is 1. The van der Waals surface area contributed by atoms with Gasteiger partial charge in [0.1, 0.15) is 17.9 Å². The van der Waals surface area contributed by atoms with Crippen LogP contribution in [0.5, 0.6) is 5.75 Å². The molecule has 1 unspecified atom stereocenters. The Labute approximate surface area is 126 Å². The summed E-state index contributed by atoms with van der Waals surface area (Å²) < 4.78 is 6.01. The summed E-state index contributed by atoms with van der Waals surface area (Å²) in [4.78, 5) is 12.1. The monoisotopic (exact) mass is 288 g/mol. The zero-order valence-corrected chi connectivity index (χ0v) is 12.8. The van der Waals surface area contributed by atoms with Crippen molar-refractivity contribution in [3.05, 3.63) is 29.3 Å². The average Bonchev–Trinajstić information content (AvgIpc) is 3.30. The maximum atomic E-state index is 12.1. The van der Waals surface area contributed by atoms with Gasteiger partial charge in [0, 0.05) is 6.04 Å². The predicted molar refractivity (Wildman–Crippen MR) is 82.2 cm³/mol. The molecule has 114 valence electrons. The number of aryl methyl sites for hydroxylation is 2. The van der Waals surface area contributed by atoms with Crippen LogP contribution < -0.4 is 15.8 Å². The van der Waals surface area contributed by atoms with Crippen LogP contribution in [-0.4, -0.2) is 24.1 Å². The molecule has 2 fully saturated rings. The summed E-state index contributed by atoms with van der Waals surface area (Å²) in [7, 11) is 0. The molecule has 2 saturated carbocycles. The van der Waals surface area contributed by atoms with E-state index in [4.69, 9.17) is 10.5 Å². The van der Waals surface area contributed by atoms with E-state index in [0.29, 0.717) is 18.6 Å². The van der Waals surface area contributed by atoms with E-state index in [9.17, 15) is 4.79 Å². The fraction of sp³-hybridized carbons (Fsp3) is 0.588. The lowest BCUT2D eigenvalue weighted by atomic mass is 9.93. The second-order valence-electron chi connectivity index (χ2n) is 6.59. The fourth-order valence-electron chi connectivity index (χ4n) is 2.84. The van der Waals surface area contributed by atoms with E-state index in [1.807, 2.05) is 26.0 Å². The second-order valence-corrected chi connectivity index (χ2v) is 6.59. The standard InChI is InChI=1S/C17H24N2O2/c1-11-3-4-12(2)15(9-11)21-10-17(16(18)20,13-5-6-13)19-14-7-8-14/h3-4,9,13-14,19H,5-8,10H2,1-2H3,(H2,18,20). The molecule has 21 heavy (non-hydrogen) atoms. The molecule has 4 heteroatoms. The Hall–Kier alpha value is -1.55. The van der Waals surface area contributed by atoms with Gasteiger partial charge in [0.25, 0.3) is 0 Å². The lowest BCUT2D eigenvalue weighted by molar-refractivity contribution is -0.126. The first-order valence-electron chi connectivity index (χ1n) is 7.79. The first-order chi connectivity index (χ1) is 10.0. The maximum Gasteiger partial charge on any atom is 0.241 e. The number of carbonyl (C=O) groups is 1. The maximum absolute atomic E-state index is 12.1. The van der Waals surface area contributed by atoms with Crippen LogP contribution in [0.3, 0.4) is 0 Å². The number of carbonyl (C=O) groups excluding carboxylic acids is 1. The van der Waals surface area contributed by atoms with Gasteiger partial charge in [-0.2, -0.15) is 0 Å². The zero-order valence-electron chi connectivity index (χ0n) is 12.8. The molecule has 3 N–H and O–H groups in total. The van der Waals surface area contributed by atoms with Crippen LogP contribution >= 0.6 is 0 Å². The minimum absolute atomic E-state index is 0.276. The van der Waals surface area contributed by atoms with E-state index >= 15 is 0 Å². The van der Waals surface area contributed by atoms with Crippen molar-refractivity contribution >= 4 is 5.91 Å². The highest BCUT2D eigenvalue weighted by molar-refractivity contribution is 5.86. The van der Waals surface area contributed by atoms with Crippen molar-refractivity contribution in [1.29, 1.82) is 0 Å². The van der Waals surface area contributed by atoms with Crippen molar-refractivity contribution in [2.45, 2.75) is 51.1 Å². The third-order valence-corrected chi connectivity index (χ3v) is 4.55. The molecule has 0 saturated heterocycles. The summed E-state index contributed by atoms with van der Waals surface area (Å²) in [6, 6.07) is 6.56. The molecule has 0 bridgehead atoms. The molecule has 0 spiro atoms. The van der Waals surface area contributed by atoms with Gasteiger partial charge in [-0.25, -0.2) is 0 Å². The summed E-state index contributed by atoms with van der Waals surface area (Å²) in [5, 5.41) is 3.47. The van der Waals surface area contributed by atoms with Crippen LogP contribution in [0, 0.1) is 19.8 Å². The number of primary amides is 1. The van der Waals surface area contributed by atoms with Crippen molar-refractivity contribution in [2.75, 3.05) is 6.61 Å². The highest BCUT2D eigenvalue weighted by atomic mass is 16.5. The van der Waals surface area contributed by atoms with Gasteiger partial charge in [-0.3, -0.25) is 10.1 Å². The van der Waals surface area contributed by atoms with Crippen molar-refractivity contribution in [1.82, 2.24) is 5.32 Å². The third-order valence-electron chi connectivity index (χ3n) is 4.55. The predicted octanol–water partition coefficient (Wildman–Crippen LogP) is 2.07. The summed E-state index contributed by atoms with van der Waals surface area (Å²) in [6.45, 7) is 4.39. The van der Waals surface area contributed by atoms with Gasteiger partial charge in [-0.1, -0.05) is 12.1 Å². The Morgan fingerprint density at radius 1 is 1.33 bits per heavy atom. The Balaban J connectivity index is 1.77. The van der Waals surface area contributed by atoms with E-state index < -0.39 is 5.54 Å². The van der Waals surface area contributed by atoms with E-state index in [1.54, 1.807) is 0 Å². The number of amides is 1. The second kappa shape index (κ2) is 5.34. The van der Waals surface area contributed by atoms with Crippen molar-refractivity contribution < 1.29 is 9.53 Å². The van der Waals surface area contributed by atoms with E-state index in [-0.39, 0.29) is 5.91 Å². The number of benzene rings is 1. The molecule has 0 aliphatic heterocycles. The lowest BCUT2D eigenvalue weighted by Gasteiger charge is -2.32. The third kappa shape index (κ3) is 3.05. The summed E-state index contributed by atoms with van der Waals surface area (Å²) in [5.41, 5.74) is 7.28. The van der Waals surface area contributed by atoms with Gasteiger partial charge in [-0.05, 0) is 62.6 Å². The minimum atomic E-state index is -0.697. The van der Waals surface area contributed by atoms with E-state index in [2.05, 4.69) is 11.4 Å². The molecule has 1 aromatic carbocycles. The highest BCUT2D eigenvalue weighted by Gasteiger charge is 2.52. The van der Waals surface area contributed by atoms with Gasteiger partial charge in [0.05, 0.1) is 0 Å². The number of nitrogens with two attached hydrogens (primary N) is 1. The largest absolute Gasteiger partial charge is 0.491 e.